The highest BCUT2D eigenvalue weighted by atomic mass is 16.5. The quantitative estimate of drug-likeness (QED) is 0.791. The zero-order chi connectivity index (χ0) is 20.4. The molecule has 2 N–H and O–H groups in total. The number of rotatable bonds is 6. The molecule has 0 radical (unpaired) electrons. The maximum Gasteiger partial charge on any atom is 0.324 e. The van der Waals surface area contributed by atoms with Crippen LogP contribution < -0.4 is 20.3 Å². The molecule has 2 saturated heterocycles. The Hall–Kier alpha value is -2.35. The van der Waals surface area contributed by atoms with Gasteiger partial charge in [0.1, 0.15) is 11.6 Å². The third-order valence-corrected chi connectivity index (χ3v) is 6.01. The predicted octanol–water partition coefficient (Wildman–Crippen LogP) is 2.81. The average molecular weight is 401 g/mol. The maximum atomic E-state index is 6.19. The van der Waals surface area contributed by atoms with E-state index >= 15 is 0 Å². The van der Waals surface area contributed by atoms with E-state index in [4.69, 9.17) is 15.0 Å². The van der Waals surface area contributed by atoms with E-state index in [0.29, 0.717) is 11.9 Å². The molecule has 0 unspecified atom stereocenters. The van der Waals surface area contributed by atoms with Gasteiger partial charge in [0.15, 0.2) is 5.82 Å². The first-order valence-electron chi connectivity index (χ1n) is 10.7. The molecule has 2 aliphatic heterocycles. The number of pyridine rings is 1. The molecule has 2 aliphatic rings. The van der Waals surface area contributed by atoms with Crippen molar-refractivity contribution in [2.24, 2.45) is 11.7 Å². The van der Waals surface area contributed by atoms with Gasteiger partial charge in [-0.05, 0) is 44.2 Å². The van der Waals surface area contributed by atoms with Gasteiger partial charge in [-0.25, -0.2) is 4.98 Å². The molecular weight excluding hydrogens is 368 g/mol. The van der Waals surface area contributed by atoms with Gasteiger partial charge in [0.2, 0.25) is 0 Å². The first-order valence-corrected chi connectivity index (χ1v) is 10.7. The van der Waals surface area contributed by atoms with Crippen molar-refractivity contribution in [1.29, 1.82) is 0 Å². The van der Waals surface area contributed by atoms with Crippen molar-refractivity contribution in [3.8, 4) is 5.75 Å². The lowest BCUT2D eigenvalue weighted by atomic mass is 9.92. The van der Waals surface area contributed by atoms with Crippen LogP contribution in [0.2, 0.25) is 0 Å². The molecular formula is C21H32N6O2. The number of hydrogen-bond donors (Lipinski definition) is 1. The van der Waals surface area contributed by atoms with Crippen LogP contribution in [-0.2, 0) is 0 Å². The maximum absolute atomic E-state index is 6.19. The molecule has 158 valence electrons. The van der Waals surface area contributed by atoms with Crippen LogP contribution in [0.5, 0.6) is 5.75 Å². The number of piperidine rings is 1. The molecule has 0 saturated carbocycles. The minimum atomic E-state index is 0.138. The Balaban J connectivity index is 1.27. The van der Waals surface area contributed by atoms with Crippen molar-refractivity contribution < 1.29 is 9.26 Å². The summed E-state index contributed by atoms with van der Waals surface area (Å²) in [6.07, 6.45) is 5.07. The van der Waals surface area contributed by atoms with E-state index in [1.165, 1.54) is 0 Å². The molecule has 0 amide bonds. The number of hydrogen-bond acceptors (Lipinski definition) is 8. The Morgan fingerprint density at radius 3 is 2.45 bits per heavy atom. The molecule has 0 aliphatic carbocycles. The molecule has 29 heavy (non-hydrogen) atoms. The minimum Gasteiger partial charge on any atom is -0.489 e. The lowest BCUT2D eigenvalue weighted by Gasteiger charge is -2.33. The average Bonchev–Trinajstić information content (AvgIpc) is 3.38. The second-order valence-corrected chi connectivity index (χ2v) is 8.58. The van der Waals surface area contributed by atoms with Gasteiger partial charge in [0.25, 0.3) is 0 Å². The minimum absolute atomic E-state index is 0.138. The van der Waals surface area contributed by atoms with Crippen molar-refractivity contribution >= 4 is 11.8 Å². The van der Waals surface area contributed by atoms with Crippen LogP contribution in [0.1, 0.15) is 51.8 Å². The highest BCUT2D eigenvalue weighted by Gasteiger charge is 2.28. The molecule has 8 nitrogen and oxygen atoms in total. The lowest BCUT2D eigenvalue weighted by Crippen LogP contribution is -2.38. The summed E-state index contributed by atoms with van der Waals surface area (Å²) in [4.78, 5) is 13.5. The second-order valence-electron chi connectivity index (χ2n) is 8.58. The number of ether oxygens (including phenoxy) is 1. The molecule has 0 spiro atoms. The Morgan fingerprint density at radius 1 is 1.10 bits per heavy atom. The number of nitrogens with zero attached hydrogens (tertiary/aromatic N) is 5. The van der Waals surface area contributed by atoms with E-state index in [1.807, 2.05) is 18.3 Å². The summed E-state index contributed by atoms with van der Waals surface area (Å²) < 4.78 is 11.6. The molecule has 2 atom stereocenters. The van der Waals surface area contributed by atoms with Gasteiger partial charge in [-0.3, -0.25) is 0 Å². The van der Waals surface area contributed by atoms with Crippen molar-refractivity contribution in [2.45, 2.75) is 58.1 Å². The van der Waals surface area contributed by atoms with E-state index in [9.17, 15) is 0 Å². The topological polar surface area (TPSA) is 93.5 Å². The Labute approximate surface area is 172 Å². The van der Waals surface area contributed by atoms with Gasteiger partial charge in [0, 0.05) is 38.1 Å². The molecule has 2 aromatic rings. The number of aromatic nitrogens is 3. The summed E-state index contributed by atoms with van der Waals surface area (Å²) in [6.45, 7) is 9.96. The van der Waals surface area contributed by atoms with Crippen LogP contribution in [0, 0.1) is 5.92 Å². The highest BCUT2D eigenvalue weighted by molar-refractivity contribution is 5.42. The number of nitrogens with two attached hydrogens (primary N) is 1. The van der Waals surface area contributed by atoms with Gasteiger partial charge in [-0.1, -0.05) is 19.0 Å². The molecule has 8 heteroatoms. The van der Waals surface area contributed by atoms with E-state index < -0.39 is 0 Å². The molecule has 4 rings (SSSR count). The van der Waals surface area contributed by atoms with E-state index in [1.54, 1.807) is 0 Å². The highest BCUT2D eigenvalue weighted by Crippen LogP contribution is 2.28. The summed E-state index contributed by atoms with van der Waals surface area (Å²) >= 11 is 0. The fourth-order valence-electron chi connectivity index (χ4n) is 4.09. The summed E-state index contributed by atoms with van der Waals surface area (Å²) in [5, 5.41) is 4.07. The van der Waals surface area contributed by atoms with Crippen LogP contribution in [-0.4, -0.2) is 53.4 Å². The molecule has 0 aromatic carbocycles. The Morgan fingerprint density at radius 2 is 1.86 bits per heavy atom. The van der Waals surface area contributed by atoms with Gasteiger partial charge in [-0.15, -0.1) is 0 Å². The van der Waals surface area contributed by atoms with E-state index in [2.05, 4.69) is 45.7 Å². The monoisotopic (exact) mass is 400 g/mol. The zero-order valence-electron chi connectivity index (χ0n) is 17.6. The predicted molar refractivity (Wildman–Crippen MR) is 112 cm³/mol. The van der Waals surface area contributed by atoms with Crippen LogP contribution in [0.25, 0.3) is 0 Å². The molecule has 2 fully saturated rings. The van der Waals surface area contributed by atoms with Crippen molar-refractivity contribution in [2.75, 3.05) is 36.0 Å². The van der Waals surface area contributed by atoms with Crippen LogP contribution >= 0.6 is 0 Å². The molecule has 4 heterocycles. The van der Waals surface area contributed by atoms with E-state index in [0.717, 1.165) is 62.8 Å². The van der Waals surface area contributed by atoms with Crippen LogP contribution in [0.3, 0.4) is 0 Å². The number of anilines is 2. The van der Waals surface area contributed by atoms with Gasteiger partial charge >= 0.3 is 6.01 Å². The fraction of sp³-hybridized carbons (Fsp3) is 0.667. The fourth-order valence-corrected chi connectivity index (χ4v) is 4.09. The van der Waals surface area contributed by atoms with Gasteiger partial charge < -0.3 is 24.8 Å². The normalized spacial score (nSPS) is 21.8. The summed E-state index contributed by atoms with van der Waals surface area (Å²) in [5.41, 5.74) is 5.99. The third-order valence-electron chi connectivity index (χ3n) is 6.01. The van der Waals surface area contributed by atoms with Crippen molar-refractivity contribution in [3.05, 3.63) is 24.2 Å². The Kier molecular flexibility index (Phi) is 5.89. The van der Waals surface area contributed by atoms with Crippen LogP contribution in [0.4, 0.5) is 11.8 Å². The standard InChI is InChI=1S/C21H32N6O2/c1-14(2)20-24-21(29-25-20)26-9-6-16(7-10-26)15(3)28-18-4-5-19(23-12-18)27-11-8-17(22)13-27/h4-5,12,14-17H,6-11,13,22H2,1-3H3/t15-,17+/m0/s1. The van der Waals surface area contributed by atoms with Crippen molar-refractivity contribution in [1.82, 2.24) is 15.1 Å². The lowest BCUT2D eigenvalue weighted by molar-refractivity contribution is 0.131. The van der Waals surface area contributed by atoms with Gasteiger partial charge in [0.05, 0.1) is 12.3 Å². The largest absolute Gasteiger partial charge is 0.489 e. The molecule has 0 bridgehead atoms. The first-order chi connectivity index (χ1) is 14.0. The zero-order valence-corrected chi connectivity index (χ0v) is 17.6. The van der Waals surface area contributed by atoms with Crippen molar-refractivity contribution in [3.63, 3.8) is 0 Å². The van der Waals surface area contributed by atoms with Crippen LogP contribution in [0.15, 0.2) is 22.9 Å². The summed E-state index contributed by atoms with van der Waals surface area (Å²) in [6, 6.07) is 4.94. The SMILES string of the molecule is CC(C)c1noc(N2CCC([C@H](C)Oc3ccc(N4CC[C@@H](N)C4)nc3)CC2)n1. The summed E-state index contributed by atoms with van der Waals surface area (Å²) in [5.74, 6) is 3.35. The smallest absolute Gasteiger partial charge is 0.324 e. The third kappa shape index (κ3) is 4.63. The summed E-state index contributed by atoms with van der Waals surface area (Å²) in [7, 11) is 0. The van der Waals surface area contributed by atoms with Gasteiger partial charge in [-0.2, -0.15) is 4.98 Å². The second kappa shape index (κ2) is 8.57. The Bertz CT molecular complexity index is 785. The van der Waals surface area contributed by atoms with E-state index in [-0.39, 0.29) is 18.1 Å². The first kappa shape index (κ1) is 19.9. The molecule has 2 aromatic heterocycles.